The molecule has 1 amide bonds. The molecule has 0 unspecified atom stereocenters. The van der Waals surface area contributed by atoms with Gasteiger partial charge >= 0.3 is 0 Å². The van der Waals surface area contributed by atoms with Crippen LogP contribution in [0, 0.1) is 0 Å². The van der Waals surface area contributed by atoms with E-state index in [2.05, 4.69) is 22.2 Å². The van der Waals surface area contributed by atoms with E-state index in [-0.39, 0.29) is 29.9 Å². The van der Waals surface area contributed by atoms with Gasteiger partial charge in [0.05, 0.1) is 0 Å². The molecule has 1 rings (SSSR count). The molecule has 0 aromatic heterocycles. The van der Waals surface area contributed by atoms with Crippen molar-refractivity contribution >= 4 is 35.8 Å². The van der Waals surface area contributed by atoms with Crippen molar-refractivity contribution in [3.63, 3.8) is 0 Å². The van der Waals surface area contributed by atoms with Crippen molar-refractivity contribution in [1.82, 2.24) is 15.5 Å². The van der Waals surface area contributed by atoms with Crippen molar-refractivity contribution in [3.05, 3.63) is 48.6 Å². The van der Waals surface area contributed by atoms with Crippen molar-refractivity contribution in [2.24, 2.45) is 4.99 Å². The lowest BCUT2D eigenvalue weighted by atomic mass is 10.2. The van der Waals surface area contributed by atoms with Crippen molar-refractivity contribution in [3.8, 4) is 0 Å². The Balaban J connectivity index is 0.00000441. The predicted molar refractivity (Wildman–Crippen MR) is 103 cm³/mol. The first-order valence-corrected chi connectivity index (χ1v) is 7.00. The van der Waals surface area contributed by atoms with Crippen LogP contribution < -0.4 is 10.6 Å². The summed E-state index contributed by atoms with van der Waals surface area (Å²) in [4.78, 5) is 17.8. The molecule has 2 N–H and O–H groups in total. The third kappa shape index (κ3) is 8.02. The Morgan fingerprint density at radius 2 is 2.00 bits per heavy atom. The highest BCUT2D eigenvalue weighted by molar-refractivity contribution is 14.0. The highest BCUT2D eigenvalue weighted by Crippen LogP contribution is 2.03. The Bertz CT molecular complexity index is 476. The van der Waals surface area contributed by atoms with Crippen LogP contribution in [-0.2, 0) is 11.3 Å². The van der Waals surface area contributed by atoms with E-state index in [4.69, 9.17) is 0 Å². The second-order valence-corrected chi connectivity index (χ2v) is 4.65. The van der Waals surface area contributed by atoms with Crippen LogP contribution in [0.1, 0.15) is 12.0 Å². The molecule has 0 saturated heterocycles. The minimum absolute atomic E-state index is 0. The number of nitrogens with one attached hydrogen (secondary N) is 2. The van der Waals surface area contributed by atoms with Crippen molar-refractivity contribution in [2.45, 2.75) is 13.0 Å². The van der Waals surface area contributed by atoms with Crippen LogP contribution in [0.2, 0.25) is 0 Å². The molecule has 0 aliphatic heterocycles. The SMILES string of the molecule is C=CCNC(=NC)NCCC(=O)N(C)Cc1ccccc1.I. The quantitative estimate of drug-likeness (QED) is 0.310. The molecule has 22 heavy (non-hydrogen) atoms. The van der Waals surface area contributed by atoms with Gasteiger partial charge in [-0.1, -0.05) is 36.4 Å². The first-order valence-electron chi connectivity index (χ1n) is 7.00. The van der Waals surface area contributed by atoms with Gasteiger partial charge in [-0.05, 0) is 5.56 Å². The van der Waals surface area contributed by atoms with E-state index in [0.717, 1.165) is 5.56 Å². The zero-order chi connectivity index (χ0) is 15.5. The van der Waals surface area contributed by atoms with Gasteiger partial charge in [0.15, 0.2) is 5.96 Å². The number of halogens is 1. The first-order chi connectivity index (χ1) is 10.2. The van der Waals surface area contributed by atoms with Crippen LogP contribution in [0.5, 0.6) is 0 Å². The summed E-state index contributed by atoms with van der Waals surface area (Å²) in [5, 5.41) is 6.16. The fourth-order valence-electron chi connectivity index (χ4n) is 1.81. The highest BCUT2D eigenvalue weighted by Gasteiger charge is 2.09. The van der Waals surface area contributed by atoms with Gasteiger partial charge in [0, 0.05) is 40.2 Å². The maximum atomic E-state index is 12.0. The average Bonchev–Trinajstić information content (AvgIpc) is 2.51. The van der Waals surface area contributed by atoms with Crippen LogP contribution in [0.15, 0.2) is 48.0 Å². The summed E-state index contributed by atoms with van der Waals surface area (Å²) in [5.41, 5.74) is 1.13. The van der Waals surface area contributed by atoms with Crippen LogP contribution >= 0.6 is 24.0 Å². The predicted octanol–water partition coefficient (Wildman–Crippen LogP) is 2.00. The third-order valence-electron chi connectivity index (χ3n) is 2.96. The number of amides is 1. The number of guanidine groups is 1. The number of nitrogens with zero attached hydrogens (tertiary/aromatic N) is 2. The van der Waals surface area contributed by atoms with E-state index in [1.807, 2.05) is 37.4 Å². The van der Waals surface area contributed by atoms with Gasteiger partial charge in [0.1, 0.15) is 0 Å². The molecule has 5 nitrogen and oxygen atoms in total. The van der Waals surface area contributed by atoms with Gasteiger partial charge < -0.3 is 15.5 Å². The van der Waals surface area contributed by atoms with Crippen molar-refractivity contribution in [1.29, 1.82) is 0 Å². The van der Waals surface area contributed by atoms with E-state index in [9.17, 15) is 4.79 Å². The third-order valence-corrected chi connectivity index (χ3v) is 2.96. The van der Waals surface area contributed by atoms with E-state index in [0.29, 0.717) is 32.0 Å². The van der Waals surface area contributed by atoms with Gasteiger partial charge in [0.25, 0.3) is 0 Å². The molecule has 0 aliphatic rings. The van der Waals surface area contributed by atoms with Gasteiger partial charge in [-0.25, -0.2) is 0 Å². The topological polar surface area (TPSA) is 56.7 Å². The standard InChI is InChI=1S/C16H24N4O.HI/c1-4-11-18-16(17-2)19-12-10-15(21)20(3)13-14-8-6-5-7-9-14;/h4-9H,1,10-13H2,2-3H3,(H2,17,18,19);1H. The Labute approximate surface area is 149 Å². The first kappa shape index (κ1) is 20.4. The number of carbonyl (C=O) groups is 1. The smallest absolute Gasteiger partial charge is 0.224 e. The number of rotatable bonds is 7. The lowest BCUT2D eigenvalue weighted by Gasteiger charge is -2.18. The molecule has 0 spiro atoms. The van der Waals surface area contributed by atoms with Gasteiger partial charge in [-0.2, -0.15) is 0 Å². The summed E-state index contributed by atoms with van der Waals surface area (Å²) in [6.07, 6.45) is 2.18. The van der Waals surface area contributed by atoms with Crippen LogP contribution in [0.25, 0.3) is 0 Å². The van der Waals surface area contributed by atoms with Crippen molar-refractivity contribution < 1.29 is 4.79 Å². The largest absolute Gasteiger partial charge is 0.356 e. The summed E-state index contributed by atoms with van der Waals surface area (Å²) < 4.78 is 0. The fraction of sp³-hybridized carbons (Fsp3) is 0.375. The lowest BCUT2D eigenvalue weighted by molar-refractivity contribution is -0.130. The van der Waals surface area contributed by atoms with Gasteiger partial charge in [-0.3, -0.25) is 9.79 Å². The summed E-state index contributed by atoms with van der Waals surface area (Å²) in [5.74, 6) is 0.777. The Kier molecular flexibility index (Phi) is 11.2. The molecule has 0 atom stereocenters. The molecular formula is C16H25IN4O. The highest BCUT2D eigenvalue weighted by atomic mass is 127. The Morgan fingerprint density at radius 1 is 1.32 bits per heavy atom. The molecule has 0 bridgehead atoms. The monoisotopic (exact) mass is 416 g/mol. The van der Waals surface area contributed by atoms with E-state index in [1.54, 1.807) is 18.0 Å². The number of hydrogen-bond donors (Lipinski definition) is 2. The molecule has 6 heteroatoms. The maximum Gasteiger partial charge on any atom is 0.224 e. The zero-order valence-electron chi connectivity index (χ0n) is 13.2. The van der Waals surface area contributed by atoms with Crippen molar-refractivity contribution in [2.75, 3.05) is 27.2 Å². The molecule has 0 fully saturated rings. The number of hydrogen-bond acceptors (Lipinski definition) is 2. The minimum Gasteiger partial charge on any atom is -0.356 e. The number of aliphatic imine (C=N–C) groups is 1. The molecule has 1 aromatic rings. The summed E-state index contributed by atoms with van der Waals surface area (Å²) in [6, 6.07) is 9.96. The zero-order valence-corrected chi connectivity index (χ0v) is 15.5. The summed E-state index contributed by atoms with van der Waals surface area (Å²) >= 11 is 0. The Hall–Kier alpha value is -1.57. The molecule has 0 aliphatic carbocycles. The van der Waals surface area contributed by atoms with E-state index in [1.165, 1.54) is 0 Å². The average molecular weight is 416 g/mol. The molecule has 122 valence electrons. The maximum absolute atomic E-state index is 12.0. The summed E-state index contributed by atoms with van der Waals surface area (Å²) in [7, 11) is 3.52. The molecule has 1 aromatic carbocycles. The van der Waals surface area contributed by atoms with Gasteiger partial charge in [0.2, 0.25) is 5.91 Å². The van der Waals surface area contributed by atoms with Crippen LogP contribution in [0.4, 0.5) is 0 Å². The lowest BCUT2D eigenvalue weighted by Crippen LogP contribution is -2.39. The van der Waals surface area contributed by atoms with Gasteiger partial charge in [-0.15, -0.1) is 30.6 Å². The molecular weight excluding hydrogens is 391 g/mol. The van der Waals surface area contributed by atoms with Crippen LogP contribution in [-0.4, -0.2) is 44.0 Å². The Morgan fingerprint density at radius 3 is 2.59 bits per heavy atom. The second kappa shape index (κ2) is 12.0. The van der Waals surface area contributed by atoms with Crippen LogP contribution in [0.3, 0.4) is 0 Å². The molecule has 0 radical (unpaired) electrons. The minimum atomic E-state index is 0. The summed E-state index contributed by atoms with van der Waals surface area (Å²) in [6.45, 7) is 5.45. The number of benzene rings is 1. The molecule has 0 heterocycles. The normalized spacial score (nSPS) is 10.4. The fourth-order valence-corrected chi connectivity index (χ4v) is 1.81. The van der Waals surface area contributed by atoms with E-state index >= 15 is 0 Å². The van der Waals surface area contributed by atoms with E-state index < -0.39 is 0 Å². The molecule has 0 saturated carbocycles. The second-order valence-electron chi connectivity index (χ2n) is 4.65. The number of carbonyl (C=O) groups excluding carboxylic acids is 1.